The highest BCUT2D eigenvalue weighted by atomic mass is 16.2. The molecule has 0 aliphatic heterocycles. The fourth-order valence-electron chi connectivity index (χ4n) is 1.87. The number of rotatable bonds is 0. The molecule has 86 valence electrons. The zero-order chi connectivity index (χ0) is 12.2. The number of fused-ring (bicyclic) bond motifs is 3. The molecule has 0 N–H and O–H groups in total. The molecule has 0 aromatic carbocycles. The predicted octanol–water partition coefficient (Wildman–Crippen LogP) is -0.720. The van der Waals surface area contributed by atoms with E-state index in [0.29, 0.717) is 16.9 Å². The molecule has 0 aliphatic carbocycles. The van der Waals surface area contributed by atoms with E-state index in [4.69, 9.17) is 0 Å². The molecule has 0 radical (unpaired) electrons. The van der Waals surface area contributed by atoms with Gasteiger partial charge >= 0.3 is 5.69 Å². The van der Waals surface area contributed by atoms with Gasteiger partial charge < -0.3 is 0 Å². The van der Waals surface area contributed by atoms with Crippen molar-refractivity contribution >= 4 is 16.9 Å². The molecular weight excluding hydrogens is 222 g/mol. The molecule has 7 heteroatoms. The van der Waals surface area contributed by atoms with E-state index in [1.54, 1.807) is 29.9 Å². The second kappa shape index (κ2) is 3.03. The molecule has 0 saturated heterocycles. The van der Waals surface area contributed by atoms with Gasteiger partial charge in [0.25, 0.3) is 5.56 Å². The van der Waals surface area contributed by atoms with Crippen LogP contribution in [0.15, 0.2) is 28.0 Å². The SMILES string of the molecule is Cn1c(=O)c2c(nc3ncccn32)n(C)c1=O. The third-order valence-corrected chi connectivity index (χ3v) is 2.78. The van der Waals surface area contributed by atoms with Gasteiger partial charge in [0, 0.05) is 26.5 Å². The summed E-state index contributed by atoms with van der Waals surface area (Å²) in [5, 5.41) is 0. The summed E-state index contributed by atoms with van der Waals surface area (Å²) in [6.45, 7) is 0. The Labute approximate surface area is 94.6 Å². The highest BCUT2D eigenvalue weighted by Crippen LogP contribution is 2.08. The third-order valence-electron chi connectivity index (χ3n) is 2.78. The first-order chi connectivity index (χ1) is 8.11. The lowest BCUT2D eigenvalue weighted by atomic mass is 10.5. The first-order valence-electron chi connectivity index (χ1n) is 5.00. The van der Waals surface area contributed by atoms with Crippen molar-refractivity contribution in [2.24, 2.45) is 14.1 Å². The number of nitrogens with zero attached hydrogens (tertiary/aromatic N) is 5. The molecule has 3 aromatic rings. The van der Waals surface area contributed by atoms with Gasteiger partial charge in [-0.15, -0.1) is 0 Å². The van der Waals surface area contributed by atoms with Crippen LogP contribution in [0.5, 0.6) is 0 Å². The van der Waals surface area contributed by atoms with E-state index >= 15 is 0 Å². The molecule has 0 aliphatic rings. The molecule has 0 bridgehead atoms. The van der Waals surface area contributed by atoms with Crippen molar-refractivity contribution in [3.05, 3.63) is 39.3 Å². The highest BCUT2D eigenvalue weighted by molar-refractivity contribution is 5.74. The second-order valence-electron chi connectivity index (χ2n) is 3.78. The predicted molar refractivity (Wildman–Crippen MR) is 61.0 cm³/mol. The van der Waals surface area contributed by atoms with Crippen LogP contribution >= 0.6 is 0 Å². The van der Waals surface area contributed by atoms with Crippen LogP contribution < -0.4 is 11.2 Å². The van der Waals surface area contributed by atoms with Gasteiger partial charge in [-0.1, -0.05) is 0 Å². The van der Waals surface area contributed by atoms with Crippen molar-refractivity contribution in [2.45, 2.75) is 0 Å². The van der Waals surface area contributed by atoms with E-state index < -0.39 is 5.69 Å². The molecule has 3 heterocycles. The lowest BCUT2D eigenvalue weighted by Crippen LogP contribution is -2.37. The van der Waals surface area contributed by atoms with Crippen LogP contribution in [0, 0.1) is 0 Å². The van der Waals surface area contributed by atoms with Crippen LogP contribution in [-0.4, -0.2) is 23.5 Å². The molecule has 3 aromatic heterocycles. The Kier molecular flexibility index (Phi) is 1.74. The normalized spacial score (nSPS) is 11.4. The van der Waals surface area contributed by atoms with Crippen molar-refractivity contribution in [1.82, 2.24) is 23.5 Å². The molecule has 7 nitrogen and oxygen atoms in total. The third kappa shape index (κ3) is 1.10. The highest BCUT2D eigenvalue weighted by Gasteiger charge is 2.14. The van der Waals surface area contributed by atoms with Crippen LogP contribution in [0.4, 0.5) is 0 Å². The Morgan fingerprint density at radius 1 is 1.18 bits per heavy atom. The summed E-state index contributed by atoms with van der Waals surface area (Å²) in [6, 6.07) is 1.71. The largest absolute Gasteiger partial charge is 0.332 e. The summed E-state index contributed by atoms with van der Waals surface area (Å²) in [5.74, 6) is 0.404. The smallest absolute Gasteiger partial charge is 0.279 e. The summed E-state index contributed by atoms with van der Waals surface area (Å²) in [4.78, 5) is 32.0. The number of hydrogen-bond donors (Lipinski definition) is 0. The lowest BCUT2D eigenvalue weighted by Gasteiger charge is -2.01. The van der Waals surface area contributed by atoms with Crippen LogP contribution in [0.25, 0.3) is 16.9 Å². The van der Waals surface area contributed by atoms with E-state index in [2.05, 4.69) is 9.97 Å². The molecular formula is C10H9N5O2. The number of aryl methyl sites for hydroxylation is 1. The van der Waals surface area contributed by atoms with Gasteiger partial charge in [-0.05, 0) is 6.07 Å². The molecule has 0 spiro atoms. The number of hydrogen-bond acceptors (Lipinski definition) is 4. The molecule has 0 fully saturated rings. The fourth-order valence-corrected chi connectivity index (χ4v) is 1.87. The first-order valence-corrected chi connectivity index (χ1v) is 5.00. The lowest BCUT2D eigenvalue weighted by molar-refractivity contribution is 0.708. The van der Waals surface area contributed by atoms with Gasteiger partial charge in [0.2, 0.25) is 5.78 Å². The Morgan fingerprint density at radius 3 is 2.71 bits per heavy atom. The number of aromatic nitrogens is 5. The Morgan fingerprint density at radius 2 is 1.94 bits per heavy atom. The molecule has 3 rings (SSSR count). The van der Waals surface area contributed by atoms with E-state index in [-0.39, 0.29) is 5.56 Å². The molecule has 17 heavy (non-hydrogen) atoms. The van der Waals surface area contributed by atoms with Crippen LogP contribution in [0.1, 0.15) is 0 Å². The van der Waals surface area contributed by atoms with Crippen LogP contribution in [0.2, 0.25) is 0 Å². The average molecular weight is 231 g/mol. The van der Waals surface area contributed by atoms with Crippen molar-refractivity contribution < 1.29 is 0 Å². The van der Waals surface area contributed by atoms with Crippen molar-refractivity contribution in [2.75, 3.05) is 0 Å². The van der Waals surface area contributed by atoms with Crippen molar-refractivity contribution in [1.29, 1.82) is 0 Å². The fraction of sp³-hybridized carbons (Fsp3) is 0.200. The minimum atomic E-state index is -0.397. The van der Waals surface area contributed by atoms with Crippen molar-refractivity contribution in [3.63, 3.8) is 0 Å². The Balaban J connectivity index is 2.77. The molecule has 0 saturated carbocycles. The second-order valence-corrected chi connectivity index (χ2v) is 3.78. The van der Waals surface area contributed by atoms with Gasteiger partial charge in [0.1, 0.15) is 0 Å². The standard InChI is InChI=1S/C10H9N5O2/c1-13-7-6(8(16)14(2)10(13)17)15-5-3-4-11-9(15)12-7/h3-5H,1-2H3. The summed E-state index contributed by atoms with van der Waals surface area (Å²) >= 11 is 0. The Hall–Kier alpha value is -2.44. The summed E-state index contributed by atoms with van der Waals surface area (Å²) < 4.78 is 3.98. The van der Waals surface area contributed by atoms with Gasteiger partial charge in [-0.25, -0.2) is 9.78 Å². The molecule has 0 unspecified atom stereocenters. The zero-order valence-electron chi connectivity index (χ0n) is 9.28. The minimum Gasteiger partial charge on any atom is -0.279 e. The van der Waals surface area contributed by atoms with Gasteiger partial charge in [-0.3, -0.25) is 18.3 Å². The number of imidazole rings is 1. The zero-order valence-corrected chi connectivity index (χ0v) is 9.28. The molecule has 0 amide bonds. The van der Waals surface area contributed by atoms with Gasteiger partial charge in [0.15, 0.2) is 11.2 Å². The van der Waals surface area contributed by atoms with Crippen molar-refractivity contribution in [3.8, 4) is 0 Å². The van der Waals surface area contributed by atoms with Crippen LogP contribution in [-0.2, 0) is 14.1 Å². The quantitative estimate of drug-likeness (QED) is 0.511. The minimum absolute atomic E-state index is 0.344. The van der Waals surface area contributed by atoms with E-state index in [1.807, 2.05) is 0 Å². The summed E-state index contributed by atoms with van der Waals surface area (Å²) in [7, 11) is 3.02. The van der Waals surface area contributed by atoms with E-state index in [9.17, 15) is 9.59 Å². The maximum Gasteiger partial charge on any atom is 0.332 e. The van der Waals surface area contributed by atoms with Gasteiger partial charge in [0.05, 0.1) is 0 Å². The topological polar surface area (TPSA) is 74.2 Å². The van der Waals surface area contributed by atoms with Crippen LogP contribution in [0.3, 0.4) is 0 Å². The monoisotopic (exact) mass is 231 g/mol. The van der Waals surface area contributed by atoms with Gasteiger partial charge in [-0.2, -0.15) is 4.98 Å². The first kappa shape index (κ1) is 9.76. The average Bonchev–Trinajstić information content (AvgIpc) is 2.73. The summed E-state index contributed by atoms with van der Waals surface area (Å²) in [6.07, 6.45) is 3.29. The summed E-state index contributed by atoms with van der Waals surface area (Å²) in [5.41, 5.74) is -0.0657. The Bertz CT molecular complexity index is 855. The molecule has 0 atom stereocenters. The van der Waals surface area contributed by atoms with E-state index in [0.717, 1.165) is 4.57 Å². The maximum absolute atomic E-state index is 12.0. The van der Waals surface area contributed by atoms with E-state index in [1.165, 1.54) is 11.6 Å². The maximum atomic E-state index is 12.0.